The van der Waals surface area contributed by atoms with E-state index in [1.165, 1.54) is 5.56 Å². The fraction of sp³-hybridized carbons (Fsp3) is 0.346. The van der Waals surface area contributed by atoms with Crippen molar-refractivity contribution in [1.82, 2.24) is 15.5 Å². The molecule has 1 heterocycles. The molecule has 0 bridgehead atoms. The van der Waals surface area contributed by atoms with E-state index in [2.05, 4.69) is 39.0 Å². The van der Waals surface area contributed by atoms with Crippen molar-refractivity contribution in [1.29, 1.82) is 0 Å². The van der Waals surface area contributed by atoms with Crippen LogP contribution in [-0.4, -0.2) is 55.4 Å². The summed E-state index contributed by atoms with van der Waals surface area (Å²) in [6.45, 7) is 4.68. The maximum absolute atomic E-state index is 12.4. The number of aliphatic imine (C=N–C) groups is 1. The molecular weight excluding hydrogens is 414 g/mol. The Morgan fingerprint density at radius 3 is 2.76 bits per heavy atom. The first-order valence-corrected chi connectivity index (χ1v) is 11.3. The summed E-state index contributed by atoms with van der Waals surface area (Å²) in [7, 11) is 0. The number of guanidine groups is 1. The molecule has 0 radical (unpaired) electrons. The van der Waals surface area contributed by atoms with E-state index in [9.17, 15) is 9.59 Å². The standard InChI is InChI=1S/C26H31N5O2/c1-3-20-11-8-12-23(15-20)30-24(32)18-29-26(27-4-2)28-17-22-16-25(33)31(19-22)14-13-21-9-6-5-7-10-21/h1,5-12,15,22H,4,13-14,16-19H2,2H3,(H,30,32)(H2,27,28,29). The average Bonchev–Trinajstić information content (AvgIpc) is 3.19. The van der Waals surface area contributed by atoms with E-state index >= 15 is 0 Å². The van der Waals surface area contributed by atoms with Crippen LogP contribution < -0.4 is 16.0 Å². The minimum atomic E-state index is -0.232. The van der Waals surface area contributed by atoms with Crippen LogP contribution in [0.25, 0.3) is 0 Å². The number of carbonyl (C=O) groups excluding carboxylic acids is 2. The number of hydrogen-bond donors (Lipinski definition) is 3. The fourth-order valence-electron chi connectivity index (χ4n) is 3.74. The van der Waals surface area contributed by atoms with Gasteiger partial charge < -0.3 is 20.9 Å². The van der Waals surface area contributed by atoms with Crippen LogP contribution in [0.5, 0.6) is 0 Å². The fourth-order valence-corrected chi connectivity index (χ4v) is 3.74. The van der Waals surface area contributed by atoms with E-state index in [0.717, 1.165) is 19.5 Å². The van der Waals surface area contributed by atoms with Gasteiger partial charge in [-0.3, -0.25) is 9.59 Å². The summed E-state index contributed by atoms with van der Waals surface area (Å²) in [5.41, 5.74) is 2.58. The molecule has 2 amide bonds. The van der Waals surface area contributed by atoms with Crippen molar-refractivity contribution in [3.05, 3.63) is 65.7 Å². The Bertz CT molecular complexity index is 1010. The molecular formula is C26H31N5O2. The van der Waals surface area contributed by atoms with Crippen LogP contribution in [0.15, 0.2) is 59.6 Å². The van der Waals surface area contributed by atoms with E-state index in [0.29, 0.717) is 36.7 Å². The molecule has 172 valence electrons. The third-order valence-electron chi connectivity index (χ3n) is 5.40. The number of hydrogen-bond acceptors (Lipinski definition) is 3. The Morgan fingerprint density at radius 1 is 1.18 bits per heavy atom. The van der Waals surface area contributed by atoms with Crippen molar-refractivity contribution in [2.45, 2.75) is 19.8 Å². The molecule has 1 saturated heterocycles. The molecule has 7 nitrogen and oxygen atoms in total. The Morgan fingerprint density at radius 2 is 2.00 bits per heavy atom. The molecule has 7 heteroatoms. The molecule has 3 N–H and O–H groups in total. The number of rotatable bonds is 9. The molecule has 0 saturated carbocycles. The Labute approximate surface area is 195 Å². The zero-order valence-electron chi connectivity index (χ0n) is 19.0. The first-order valence-electron chi connectivity index (χ1n) is 11.3. The van der Waals surface area contributed by atoms with Crippen molar-refractivity contribution in [2.75, 3.05) is 38.0 Å². The highest BCUT2D eigenvalue weighted by Crippen LogP contribution is 2.17. The summed E-state index contributed by atoms with van der Waals surface area (Å²) >= 11 is 0. The van der Waals surface area contributed by atoms with Crippen LogP contribution in [0.2, 0.25) is 0 Å². The number of amides is 2. The van der Waals surface area contributed by atoms with Crippen LogP contribution >= 0.6 is 0 Å². The van der Waals surface area contributed by atoms with E-state index < -0.39 is 0 Å². The minimum absolute atomic E-state index is 0.0254. The molecule has 1 aliphatic rings. The predicted octanol–water partition coefficient (Wildman–Crippen LogP) is 2.25. The SMILES string of the molecule is C#Cc1cccc(NC(=O)CN=C(NCC)NCC2CC(=O)N(CCc3ccccc3)C2)c1. The lowest BCUT2D eigenvalue weighted by atomic mass is 10.1. The molecule has 0 spiro atoms. The van der Waals surface area contributed by atoms with Gasteiger partial charge in [0.1, 0.15) is 6.54 Å². The normalized spacial score (nSPS) is 15.8. The Kier molecular flexibility index (Phi) is 8.89. The summed E-state index contributed by atoms with van der Waals surface area (Å²) in [6.07, 6.45) is 6.78. The number of nitrogens with zero attached hydrogens (tertiary/aromatic N) is 2. The van der Waals surface area contributed by atoms with Gasteiger partial charge in [0.25, 0.3) is 0 Å². The largest absolute Gasteiger partial charge is 0.357 e. The number of benzene rings is 2. The molecule has 2 aromatic rings. The van der Waals surface area contributed by atoms with Gasteiger partial charge >= 0.3 is 0 Å². The number of likely N-dealkylation sites (tertiary alicyclic amines) is 1. The van der Waals surface area contributed by atoms with Gasteiger partial charge in [0, 0.05) is 49.8 Å². The van der Waals surface area contributed by atoms with E-state index in [-0.39, 0.29) is 24.3 Å². The van der Waals surface area contributed by atoms with Crippen molar-refractivity contribution >= 4 is 23.5 Å². The van der Waals surface area contributed by atoms with Crippen LogP contribution in [0, 0.1) is 18.3 Å². The second-order valence-electron chi connectivity index (χ2n) is 7.99. The zero-order valence-corrected chi connectivity index (χ0v) is 19.0. The third kappa shape index (κ3) is 7.69. The van der Waals surface area contributed by atoms with Crippen molar-refractivity contribution in [3.63, 3.8) is 0 Å². The molecule has 0 aromatic heterocycles. The second-order valence-corrected chi connectivity index (χ2v) is 7.99. The molecule has 1 fully saturated rings. The maximum atomic E-state index is 12.4. The quantitative estimate of drug-likeness (QED) is 0.314. The molecule has 2 aromatic carbocycles. The van der Waals surface area contributed by atoms with Gasteiger partial charge in [-0.15, -0.1) is 6.42 Å². The van der Waals surface area contributed by atoms with Crippen LogP contribution in [0.3, 0.4) is 0 Å². The summed E-state index contributed by atoms with van der Waals surface area (Å²) in [6, 6.07) is 17.3. The predicted molar refractivity (Wildman–Crippen MR) is 132 cm³/mol. The maximum Gasteiger partial charge on any atom is 0.246 e. The van der Waals surface area contributed by atoms with E-state index in [4.69, 9.17) is 6.42 Å². The van der Waals surface area contributed by atoms with Gasteiger partial charge in [-0.2, -0.15) is 0 Å². The third-order valence-corrected chi connectivity index (χ3v) is 5.40. The molecule has 1 aliphatic heterocycles. The van der Waals surface area contributed by atoms with Crippen molar-refractivity contribution in [2.24, 2.45) is 10.9 Å². The Balaban J connectivity index is 1.46. The van der Waals surface area contributed by atoms with Gasteiger partial charge in [0.05, 0.1) is 0 Å². The van der Waals surface area contributed by atoms with Crippen molar-refractivity contribution in [3.8, 4) is 12.3 Å². The number of terminal acetylenes is 1. The smallest absolute Gasteiger partial charge is 0.246 e. The highest BCUT2D eigenvalue weighted by molar-refractivity contribution is 5.94. The molecule has 1 atom stereocenters. The first kappa shape index (κ1) is 23.9. The van der Waals surface area contributed by atoms with Crippen LogP contribution in [0.4, 0.5) is 5.69 Å². The summed E-state index contributed by atoms with van der Waals surface area (Å²) in [4.78, 5) is 31.0. The number of anilines is 1. The lowest BCUT2D eigenvalue weighted by molar-refractivity contribution is -0.127. The Hall–Kier alpha value is -3.79. The lowest BCUT2D eigenvalue weighted by Gasteiger charge is -2.18. The topological polar surface area (TPSA) is 85.8 Å². The van der Waals surface area contributed by atoms with Crippen LogP contribution in [-0.2, 0) is 16.0 Å². The number of nitrogens with one attached hydrogen (secondary N) is 3. The summed E-state index contributed by atoms with van der Waals surface area (Å²) in [5, 5.41) is 9.22. The lowest BCUT2D eigenvalue weighted by Crippen LogP contribution is -2.41. The minimum Gasteiger partial charge on any atom is -0.357 e. The molecule has 3 rings (SSSR count). The molecule has 33 heavy (non-hydrogen) atoms. The van der Waals surface area contributed by atoms with Gasteiger partial charge in [0.15, 0.2) is 5.96 Å². The average molecular weight is 446 g/mol. The van der Waals surface area contributed by atoms with E-state index in [1.807, 2.05) is 30.0 Å². The summed E-state index contributed by atoms with van der Waals surface area (Å²) in [5.74, 6) is 3.27. The summed E-state index contributed by atoms with van der Waals surface area (Å²) < 4.78 is 0. The van der Waals surface area contributed by atoms with Gasteiger partial charge in [-0.05, 0) is 37.1 Å². The molecule has 1 unspecified atom stereocenters. The van der Waals surface area contributed by atoms with Gasteiger partial charge in [0.2, 0.25) is 11.8 Å². The van der Waals surface area contributed by atoms with Gasteiger partial charge in [-0.25, -0.2) is 4.99 Å². The highest BCUT2D eigenvalue weighted by Gasteiger charge is 2.29. The molecule has 0 aliphatic carbocycles. The number of carbonyl (C=O) groups is 2. The zero-order chi connectivity index (χ0) is 23.5. The van der Waals surface area contributed by atoms with Gasteiger partial charge in [-0.1, -0.05) is 42.3 Å². The van der Waals surface area contributed by atoms with E-state index in [1.54, 1.807) is 24.3 Å². The monoisotopic (exact) mass is 445 g/mol. The van der Waals surface area contributed by atoms with Crippen molar-refractivity contribution < 1.29 is 9.59 Å². The first-order chi connectivity index (χ1) is 16.1. The van der Waals surface area contributed by atoms with Crippen LogP contribution in [0.1, 0.15) is 24.5 Å². The second kappa shape index (κ2) is 12.3. The highest BCUT2D eigenvalue weighted by atomic mass is 16.2.